The third-order valence-corrected chi connectivity index (χ3v) is 21.3. The Morgan fingerprint density at radius 1 is 0.750 bits per heavy atom. The van der Waals surface area contributed by atoms with E-state index < -0.39 is 16.6 Å². The fourth-order valence-electron chi connectivity index (χ4n) is 7.63. The Bertz CT molecular complexity index is 1810. The first-order valence-corrected chi connectivity index (χ1v) is 23.1. The van der Waals surface area contributed by atoms with Gasteiger partial charge in [-0.1, -0.05) is 170 Å². The normalized spacial score (nSPS) is 14.9. The van der Waals surface area contributed by atoms with E-state index >= 15 is 0 Å². The maximum absolute atomic E-state index is 13.6. The van der Waals surface area contributed by atoms with Crippen LogP contribution in [0.15, 0.2) is 127 Å². The molecule has 1 aromatic heterocycles. The maximum atomic E-state index is 13.6. The summed E-state index contributed by atoms with van der Waals surface area (Å²) in [6.07, 6.45) is 0.810. The molecule has 272 valence electrons. The van der Waals surface area contributed by atoms with E-state index in [4.69, 9.17) is 13.8 Å². The molecule has 6 nitrogen and oxygen atoms in total. The average molecular weight is 748 g/mol. The highest BCUT2D eigenvalue weighted by atomic mass is 32.1. The van der Waals surface area contributed by atoms with Gasteiger partial charge in [0.1, 0.15) is 5.69 Å². The summed E-state index contributed by atoms with van der Waals surface area (Å²) in [6, 6.07) is 42.7. The van der Waals surface area contributed by atoms with E-state index in [-0.39, 0.29) is 28.1 Å². The lowest BCUT2D eigenvalue weighted by atomic mass is 10.2. The Hall–Kier alpha value is -3.87. The molecule has 0 saturated carbocycles. The molecule has 9 heteroatoms. The van der Waals surface area contributed by atoms with E-state index in [1.165, 1.54) is 32.1 Å². The predicted octanol–water partition coefficient (Wildman–Crippen LogP) is 6.99. The standard InChI is InChI=1S/C43H53N3O3SSi2/c1-8-33(31-48-51(42(2,3)4,35-21-13-9-14-22-35)36-23-15-10-16-24-36)44-40(47)39-32-50-41(45-39)46-29-34(30-46)49-52(43(5,6)7,37-25-17-11-18-26-37)38-27-19-12-20-28-38/h9-28,32-34H,8,29-31H2,1-7H3,(H,44,47). The largest absolute Gasteiger partial charge is 0.405 e. The van der Waals surface area contributed by atoms with E-state index in [0.29, 0.717) is 12.3 Å². The molecule has 1 atom stereocenters. The molecule has 1 N–H and O–H groups in total. The number of benzene rings is 4. The zero-order valence-corrected chi connectivity index (χ0v) is 34.5. The number of carbonyl (C=O) groups excluding carboxylic acids is 1. The van der Waals surface area contributed by atoms with E-state index in [0.717, 1.165) is 24.6 Å². The van der Waals surface area contributed by atoms with Crippen LogP contribution < -0.4 is 31.0 Å². The summed E-state index contributed by atoms with van der Waals surface area (Å²) >= 11 is 1.52. The Kier molecular flexibility index (Phi) is 11.4. The van der Waals surface area contributed by atoms with Gasteiger partial charge >= 0.3 is 0 Å². The molecule has 1 aliphatic heterocycles. The molecular formula is C43H53N3O3SSi2. The van der Waals surface area contributed by atoms with Crippen molar-refractivity contribution in [3.8, 4) is 0 Å². The minimum Gasteiger partial charge on any atom is -0.405 e. The van der Waals surface area contributed by atoms with Gasteiger partial charge in [0.15, 0.2) is 5.13 Å². The van der Waals surface area contributed by atoms with Crippen molar-refractivity contribution in [2.45, 2.75) is 77.1 Å². The monoisotopic (exact) mass is 747 g/mol. The van der Waals surface area contributed by atoms with Crippen LogP contribution in [0.5, 0.6) is 0 Å². The Balaban J connectivity index is 1.14. The first kappa shape index (κ1) is 37.9. The van der Waals surface area contributed by atoms with Crippen LogP contribution in [0.3, 0.4) is 0 Å². The maximum Gasteiger partial charge on any atom is 0.271 e. The van der Waals surface area contributed by atoms with Crippen LogP contribution in [-0.4, -0.2) is 59.4 Å². The van der Waals surface area contributed by atoms with Crippen molar-refractivity contribution in [1.82, 2.24) is 10.3 Å². The number of hydrogen-bond acceptors (Lipinski definition) is 6. The lowest BCUT2D eigenvalue weighted by Gasteiger charge is -2.49. The zero-order chi connectivity index (χ0) is 37.0. The number of hydrogen-bond donors (Lipinski definition) is 1. The van der Waals surface area contributed by atoms with Gasteiger partial charge in [0.2, 0.25) is 0 Å². The van der Waals surface area contributed by atoms with Gasteiger partial charge in [0.05, 0.1) is 18.8 Å². The molecule has 0 aliphatic carbocycles. The molecule has 1 amide bonds. The molecule has 0 spiro atoms. The summed E-state index contributed by atoms with van der Waals surface area (Å²) in [7, 11) is -5.37. The first-order chi connectivity index (χ1) is 24.9. The highest BCUT2D eigenvalue weighted by molar-refractivity contribution is 7.14. The van der Waals surface area contributed by atoms with Gasteiger partial charge in [-0.2, -0.15) is 0 Å². The molecule has 1 saturated heterocycles. The van der Waals surface area contributed by atoms with Crippen molar-refractivity contribution in [2.75, 3.05) is 24.6 Å². The third kappa shape index (κ3) is 7.47. The molecule has 52 heavy (non-hydrogen) atoms. The van der Waals surface area contributed by atoms with Gasteiger partial charge in [0.25, 0.3) is 22.5 Å². The van der Waals surface area contributed by atoms with Crippen LogP contribution >= 0.6 is 11.3 Å². The number of nitrogens with one attached hydrogen (secondary N) is 1. The number of carbonyl (C=O) groups is 1. The molecule has 1 unspecified atom stereocenters. The van der Waals surface area contributed by atoms with E-state index in [9.17, 15) is 4.79 Å². The summed E-state index contributed by atoms with van der Waals surface area (Å²) in [5, 5.41) is 10.8. The van der Waals surface area contributed by atoms with Crippen molar-refractivity contribution >= 4 is 59.8 Å². The molecule has 0 radical (unpaired) electrons. The molecule has 2 heterocycles. The van der Waals surface area contributed by atoms with Crippen molar-refractivity contribution in [3.05, 3.63) is 132 Å². The Morgan fingerprint density at radius 3 is 1.58 bits per heavy atom. The van der Waals surface area contributed by atoms with Crippen molar-refractivity contribution in [2.24, 2.45) is 0 Å². The van der Waals surface area contributed by atoms with E-state index in [1.807, 2.05) is 5.38 Å². The molecule has 1 fully saturated rings. The summed E-state index contributed by atoms with van der Waals surface area (Å²) in [5.41, 5.74) is 0.445. The van der Waals surface area contributed by atoms with Gasteiger partial charge in [-0.15, -0.1) is 11.3 Å². The fraction of sp³-hybridized carbons (Fsp3) is 0.349. The second kappa shape index (κ2) is 15.6. The third-order valence-electron chi connectivity index (χ3n) is 10.3. The topological polar surface area (TPSA) is 63.7 Å². The number of anilines is 1. The van der Waals surface area contributed by atoms with Gasteiger partial charge in [-0.25, -0.2) is 4.98 Å². The second-order valence-corrected chi connectivity index (χ2v) is 25.3. The minimum absolute atomic E-state index is 0.0654. The fourth-order valence-corrected chi connectivity index (χ4v) is 17.7. The number of aromatic nitrogens is 1. The molecule has 1 aliphatic rings. The van der Waals surface area contributed by atoms with Gasteiger partial charge in [-0.3, -0.25) is 4.79 Å². The zero-order valence-electron chi connectivity index (χ0n) is 31.6. The highest BCUT2D eigenvalue weighted by Crippen LogP contribution is 2.40. The number of thiazole rings is 1. The molecule has 6 rings (SSSR count). The molecule has 0 bridgehead atoms. The van der Waals surface area contributed by atoms with Crippen LogP contribution in [0.2, 0.25) is 10.1 Å². The van der Waals surface area contributed by atoms with E-state index in [1.54, 1.807) is 0 Å². The summed E-state index contributed by atoms with van der Waals surface area (Å²) in [4.78, 5) is 20.7. The van der Waals surface area contributed by atoms with Crippen molar-refractivity contribution in [1.29, 1.82) is 0 Å². The Labute approximate surface area is 316 Å². The predicted molar refractivity (Wildman–Crippen MR) is 222 cm³/mol. The van der Waals surface area contributed by atoms with Crippen molar-refractivity contribution in [3.63, 3.8) is 0 Å². The van der Waals surface area contributed by atoms with Gasteiger partial charge in [-0.05, 0) is 37.2 Å². The number of rotatable bonds is 13. The van der Waals surface area contributed by atoms with Crippen LogP contribution in [-0.2, 0) is 8.85 Å². The van der Waals surface area contributed by atoms with Crippen LogP contribution in [0.25, 0.3) is 0 Å². The highest BCUT2D eigenvalue weighted by Gasteiger charge is 2.53. The smallest absolute Gasteiger partial charge is 0.271 e. The molecular weight excluding hydrogens is 695 g/mol. The average Bonchev–Trinajstić information content (AvgIpc) is 3.61. The van der Waals surface area contributed by atoms with Gasteiger partial charge in [0, 0.05) is 18.5 Å². The summed E-state index contributed by atoms with van der Waals surface area (Å²) in [5.74, 6) is -0.166. The SMILES string of the molecule is CCC(CO[Si](c1ccccc1)(c1ccccc1)C(C)(C)C)NC(=O)c1csc(N2CC(O[Si](c3ccccc3)(c3ccccc3)C(C)(C)C)C2)n1. The molecule has 5 aromatic rings. The van der Waals surface area contributed by atoms with Crippen LogP contribution in [0, 0.1) is 0 Å². The van der Waals surface area contributed by atoms with Crippen LogP contribution in [0.1, 0.15) is 65.4 Å². The Morgan fingerprint density at radius 2 is 1.17 bits per heavy atom. The lowest BCUT2D eigenvalue weighted by Crippen LogP contribution is -2.70. The number of nitrogens with zero attached hydrogens (tertiary/aromatic N) is 2. The second-order valence-electron chi connectivity index (χ2n) is 15.9. The summed E-state index contributed by atoms with van der Waals surface area (Å²) < 4.78 is 14.5. The minimum atomic E-state index is -2.73. The lowest BCUT2D eigenvalue weighted by molar-refractivity contribution is 0.0914. The van der Waals surface area contributed by atoms with Crippen LogP contribution in [0.4, 0.5) is 5.13 Å². The quantitative estimate of drug-likeness (QED) is 0.132. The molecule has 4 aromatic carbocycles. The van der Waals surface area contributed by atoms with Crippen molar-refractivity contribution < 1.29 is 13.6 Å². The first-order valence-electron chi connectivity index (χ1n) is 18.4. The van der Waals surface area contributed by atoms with E-state index in [2.05, 4.69) is 180 Å². The van der Waals surface area contributed by atoms with Gasteiger partial charge < -0.3 is 19.1 Å². The summed E-state index contributed by atoms with van der Waals surface area (Å²) in [6.45, 7) is 17.7. The number of amides is 1.